The number of amidine groups is 2. The molecule has 132 valence electrons. The van der Waals surface area contributed by atoms with Crippen molar-refractivity contribution < 1.29 is 4.79 Å². The van der Waals surface area contributed by atoms with Crippen LogP contribution in [0.15, 0.2) is 36.4 Å². The van der Waals surface area contributed by atoms with Crippen LogP contribution in [0.5, 0.6) is 0 Å². The topological polar surface area (TPSA) is 141 Å². The van der Waals surface area contributed by atoms with Crippen molar-refractivity contribution in [3.8, 4) is 0 Å². The molecule has 0 heterocycles. The number of hydrogen-bond donors (Lipinski definition) is 6. The maximum Gasteiger partial charge on any atom is 0.323 e. The van der Waals surface area contributed by atoms with E-state index in [1.54, 1.807) is 0 Å². The Bertz CT molecular complexity index is 773. The Morgan fingerprint density at radius 1 is 0.800 bits per heavy atom. The Kier molecular flexibility index (Phi) is 7.05. The third-order valence-corrected chi connectivity index (χ3v) is 3.37. The van der Waals surface area contributed by atoms with E-state index >= 15 is 0 Å². The summed E-state index contributed by atoms with van der Waals surface area (Å²) in [6.45, 7) is 0. The van der Waals surface area contributed by atoms with Gasteiger partial charge in [0, 0.05) is 32.5 Å². The molecule has 2 aromatic rings. The highest BCUT2D eigenvalue weighted by Gasteiger charge is 2.08. The minimum Gasteiger partial charge on any atom is -0.384 e. The molecular formula is C15H15Cl3N6O. The second-order valence-corrected chi connectivity index (χ2v) is 5.74. The van der Waals surface area contributed by atoms with Crippen LogP contribution in [-0.4, -0.2) is 17.7 Å². The van der Waals surface area contributed by atoms with Crippen molar-refractivity contribution in [3.63, 3.8) is 0 Å². The predicted molar refractivity (Wildman–Crippen MR) is 105 cm³/mol. The van der Waals surface area contributed by atoms with Crippen molar-refractivity contribution in [2.24, 2.45) is 11.5 Å². The summed E-state index contributed by atoms with van der Waals surface area (Å²) in [5.74, 6) is -0.330. The first-order valence-corrected chi connectivity index (χ1v) is 7.38. The van der Waals surface area contributed by atoms with E-state index in [-0.39, 0.29) is 24.1 Å². The molecule has 7 nitrogen and oxygen atoms in total. The molecule has 0 aliphatic carbocycles. The van der Waals surface area contributed by atoms with Gasteiger partial charge in [-0.15, -0.1) is 12.4 Å². The van der Waals surface area contributed by atoms with E-state index in [0.717, 1.165) is 0 Å². The summed E-state index contributed by atoms with van der Waals surface area (Å²) < 4.78 is 0. The highest BCUT2D eigenvalue weighted by Crippen LogP contribution is 2.21. The van der Waals surface area contributed by atoms with Gasteiger partial charge in [0.1, 0.15) is 11.7 Å². The van der Waals surface area contributed by atoms with Gasteiger partial charge in [0.2, 0.25) is 0 Å². The normalized spacial score (nSPS) is 9.68. The number of urea groups is 1. The van der Waals surface area contributed by atoms with Crippen molar-refractivity contribution in [2.45, 2.75) is 0 Å². The van der Waals surface area contributed by atoms with E-state index in [4.69, 9.17) is 45.5 Å². The Balaban J connectivity index is 0.00000312. The summed E-state index contributed by atoms with van der Waals surface area (Å²) in [6, 6.07) is 8.56. The number of carbonyl (C=O) groups excluding carboxylic acids is 1. The first-order chi connectivity index (χ1) is 11.2. The number of nitrogens with two attached hydrogens (primary N) is 2. The summed E-state index contributed by atoms with van der Waals surface area (Å²) in [5.41, 5.74) is 12.4. The third kappa shape index (κ3) is 5.82. The maximum absolute atomic E-state index is 12.1. The highest BCUT2D eigenvalue weighted by atomic mass is 35.5. The molecule has 0 aromatic heterocycles. The molecule has 2 aromatic carbocycles. The summed E-state index contributed by atoms with van der Waals surface area (Å²) in [6.07, 6.45) is 0. The van der Waals surface area contributed by atoms with E-state index in [9.17, 15) is 4.79 Å². The van der Waals surface area contributed by atoms with Crippen LogP contribution in [0.4, 0.5) is 16.2 Å². The molecule has 2 rings (SSSR count). The first kappa shape index (κ1) is 20.6. The van der Waals surface area contributed by atoms with Crippen molar-refractivity contribution in [1.82, 2.24) is 0 Å². The molecule has 25 heavy (non-hydrogen) atoms. The molecule has 0 aliphatic rings. The number of halogens is 3. The lowest BCUT2D eigenvalue weighted by Gasteiger charge is -2.11. The van der Waals surface area contributed by atoms with E-state index < -0.39 is 6.03 Å². The number of amides is 2. The smallest absolute Gasteiger partial charge is 0.323 e. The summed E-state index contributed by atoms with van der Waals surface area (Å²) in [5, 5.41) is 20.7. The molecule has 0 bridgehead atoms. The number of anilines is 2. The largest absolute Gasteiger partial charge is 0.384 e. The molecular weight excluding hydrogens is 387 g/mol. The summed E-state index contributed by atoms with van der Waals surface area (Å²) >= 11 is 11.9. The minimum absolute atomic E-state index is 0. The Labute approximate surface area is 160 Å². The van der Waals surface area contributed by atoms with Crippen molar-refractivity contribution in [3.05, 3.63) is 57.6 Å². The summed E-state index contributed by atoms with van der Waals surface area (Å²) in [7, 11) is 0. The van der Waals surface area contributed by atoms with Crippen LogP contribution in [0.25, 0.3) is 0 Å². The van der Waals surface area contributed by atoms with Crippen LogP contribution >= 0.6 is 35.6 Å². The van der Waals surface area contributed by atoms with Crippen LogP contribution in [0, 0.1) is 10.8 Å². The molecule has 0 spiro atoms. The third-order valence-electron chi connectivity index (χ3n) is 2.93. The maximum atomic E-state index is 12.1. The molecule has 0 radical (unpaired) electrons. The zero-order valence-electron chi connectivity index (χ0n) is 12.7. The van der Waals surface area contributed by atoms with Gasteiger partial charge in [-0.2, -0.15) is 0 Å². The Morgan fingerprint density at radius 2 is 1.16 bits per heavy atom. The van der Waals surface area contributed by atoms with Crippen LogP contribution in [0.2, 0.25) is 10.0 Å². The molecule has 0 saturated carbocycles. The molecule has 0 unspecified atom stereocenters. The Morgan fingerprint density at radius 3 is 1.48 bits per heavy atom. The monoisotopic (exact) mass is 400 g/mol. The second-order valence-electron chi connectivity index (χ2n) is 4.86. The van der Waals surface area contributed by atoms with Gasteiger partial charge in [-0.3, -0.25) is 10.8 Å². The molecule has 0 aliphatic heterocycles. The van der Waals surface area contributed by atoms with Gasteiger partial charge >= 0.3 is 6.03 Å². The number of rotatable bonds is 4. The zero-order valence-corrected chi connectivity index (χ0v) is 15.0. The fraction of sp³-hybridized carbons (Fsp3) is 0. The number of nitrogens with one attached hydrogen (secondary N) is 4. The average molecular weight is 402 g/mol. The van der Waals surface area contributed by atoms with Gasteiger partial charge in [0.25, 0.3) is 0 Å². The van der Waals surface area contributed by atoms with Crippen LogP contribution in [0.3, 0.4) is 0 Å². The van der Waals surface area contributed by atoms with Gasteiger partial charge in [-0.05, 0) is 36.4 Å². The second kappa shape index (κ2) is 8.57. The number of carbonyl (C=O) groups is 1. The number of hydrogen-bond acceptors (Lipinski definition) is 3. The lowest BCUT2D eigenvalue weighted by atomic mass is 10.2. The zero-order chi connectivity index (χ0) is 17.9. The first-order valence-electron chi connectivity index (χ1n) is 6.62. The minimum atomic E-state index is -0.552. The molecule has 8 N–H and O–H groups in total. The standard InChI is InChI=1S/C15H14Cl2N6O.ClH/c16-9-1-7(13(18)19)3-11(5-9)22-15(24)23-12-4-8(14(20)21)2-10(17)6-12;/h1-6H,(H3,18,19)(H3,20,21)(H2,22,23,24);1H. The van der Waals surface area contributed by atoms with E-state index in [0.29, 0.717) is 32.5 Å². The van der Waals surface area contributed by atoms with Crippen molar-refractivity contribution >= 4 is 64.7 Å². The van der Waals surface area contributed by atoms with E-state index in [2.05, 4.69) is 10.6 Å². The lowest BCUT2D eigenvalue weighted by molar-refractivity contribution is 0.262. The number of nitrogen functional groups attached to an aromatic ring is 2. The molecule has 0 saturated heterocycles. The molecule has 10 heteroatoms. The van der Waals surface area contributed by atoms with Crippen molar-refractivity contribution in [2.75, 3.05) is 10.6 Å². The van der Waals surface area contributed by atoms with Crippen LogP contribution in [0.1, 0.15) is 11.1 Å². The quantitative estimate of drug-likeness (QED) is 0.344. The summed E-state index contributed by atoms with van der Waals surface area (Å²) in [4.78, 5) is 12.1. The highest BCUT2D eigenvalue weighted by molar-refractivity contribution is 6.32. The fourth-order valence-electron chi connectivity index (χ4n) is 1.93. The number of benzene rings is 2. The average Bonchev–Trinajstić information content (AvgIpc) is 2.45. The van der Waals surface area contributed by atoms with Gasteiger partial charge in [-0.1, -0.05) is 23.2 Å². The molecule has 0 fully saturated rings. The van der Waals surface area contributed by atoms with Gasteiger partial charge in [0.05, 0.1) is 0 Å². The molecule has 2 amide bonds. The Hall–Kier alpha value is -2.48. The van der Waals surface area contributed by atoms with E-state index in [1.807, 2.05) is 0 Å². The van der Waals surface area contributed by atoms with Gasteiger partial charge < -0.3 is 22.1 Å². The predicted octanol–water partition coefficient (Wildman–Crippen LogP) is 3.63. The fourth-order valence-corrected chi connectivity index (χ4v) is 2.40. The van der Waals surface area contributed by atoms with Crippen LogP contribution < -0.4 is 22.1 Å². The van der Waals surface area contributed by atoms with E-state index in [1.165, 1.54) is 36.4 Å². The van der Waals surface area contributed by atoms with Crippen LogP contribution in [-0.2, 0) is 0 Å². The van der Waals surface area contributed by atoms with Gasteiger partial charge in [-0.25, -0.2) is 4.79 Å². The van der Waals surface area contributed by atoms with Gasteiger partial charge in [0.15, 0.2) is 0 Å². The van der Waals surface area contributed by atoms with Crippen molar-refractivity contribution in [1.29, 1.82) is 10.8 Å². The lowest BCUT2D eigenvalue weighted by Crippen LogP contribution is -2.20. The molecule has 0 atom stereocenters. The SMILES string of the molecule is Cl.N=C(N)c1cc(Cl)cc(NC(=O)Nc2cc(Cl)cc(C(=N)N)c2)c1.